The van der Waals surface area contributed by atoms with Crippen LogP contribution in [0.1, 0.15) is 54.4 Å². The topological polar surface area (TPSA) is 78.5 Å². The van der Waals surface area contributed by atoms with Crippen LogP contribution in [0.15, 0.2) is 42.5 Å². The lowest BCUT2D eigenvalue weighted by Gasteiger charge is -2.37. The first-order valence-corrected chi connectivity index (χ1v) is 11.9. The highest BCUT2D eigenvalue weighted by molar-refractivity contribution is 6.10. The van der Waals surface area contributed by atoms with Gasteiger partial charge in [-0.15, -0.1) is 0 Å². The molecule has 2 aromatic rings. The number of alkyl halides is 3. The molecule has 1 aliphatic carbocycles. The molecule has 0 bridgehead atoms. The molecule has 35 heavy (non-hydrogen) atoms. The molecule has 9 heteroatoms. The number of amides is 3. The average Bonchev–Trinajstić information content (AvgIpc) is 3.36. The minimum atomic E-state index is -4.48. The summed E-state index contributed by atoms with van der Waals surface area (Å²) in [6, 6.07) is 8.69. The number of nitrogens with one attached hydrogen (secondary N) is 2. The van der Waals surface area contributed by atoms with Crippen LogP contribution in [0.3, 0.4) is 0 Å². The molecular formula is C26H26F3N3O3. The second-order valence-electron chi connectivity index (χ2n) is 9.55. The van der Waals surface area contributed by atoms with Gasteiger partial charge >= 0.3 is 6.18 Å². The molecule has 5 rings (SSSR count). The van der Waals surface area contributed by atoms with Crippen LogP contribution in [0.25, 0.3) is 11.1 Å². The molecule has 1 saturated heterocycles. The van der Waals surface area contributed by atoms with Crippen molar-refractivity contribution in [2.75, 3.05) is 11.9 Å². The first kappa shape index (κ1) is 23.4. The number of benzene rings is 2. The molecule has 2 fully saturated rings. The number of anilines is 1. The fourth-order valence-electron chi connectivity index (χ4n) is 5.35. The van der Waals surface area contributed by atoms with E-state index in [1.54, 1.807) is 18.2 Å². The molecule has 3 amide bonds. The van der Waals surface area contributed by atoms with E-state index in [0.717, 1.165) is 37.8 Å². The molecule has 2 unspecified atom stereocenters. The van der Waals surface area contributed by atoms with E-state index >= 15 is 0 Å². The molecule has 3 aliphatic rings. The zero-order chi connectivity index (χ0) is 24.7. The number of carbonyl (C=O) groups excluding carboxylic acids is 3. The van der Waals surface area contributed by atoms with E-state index in [1.165, 1.54) is 17.0 Å². The predicted octanol–water partition coefficient (Wildman–Crippen LogP) is 4.60. The smallest absolute Gasteiger partial charge is 0.353 e. The summed E-state index contributed by atoms with van der Waals surface area (Å²) >= 11 is 0. The van der Waals surface area contributed by atoms with Crippen molar-refractivity contribution in [2.24, 2.45) is 5.92 Å². The van der Waals surface area contributed by atoms with E-state index in [-0.39, 0.29) is 35.2 Å². The zero-order valence-electron chi connectivity index (χ0n) is 19.0. The van der Waals surface area contributed by atoms with Gasteiger partial charge in [0.25, 0.3) is 5.91 Å². The Bertz CT molecular complexity index is 1170. The van der Waals surface area contributed by atoms with Crippen molar-refractivity contribution >= 4 is 23.4 Å². The number of hydrogen-bond donors (Lipinski definition) is 2. The van der Waals surface area contributed by atoms with Crippen LogP contribution in [0.2, 0.25) is 0 Å². The Labute approximate surface area is 200 Å². The van der Waals surface area contributed by atoms with Crippen molar-refractivity contribution in [3.05, 3.63) is 53.6 Å². The number of hydrogen-bond acceptors (Lipinski definition) is 3. The van der Waals surface area contributed by atoms with Crippen molar-refractivity contribution in [1.29, 1.82) is 0 Å². The number of halogens is 3. The van der Waals surface area contributed by atoms with E-state index in [1.807, 2.05) is 0 Å². The van der Waals surface area contributed by atoms with Gasteiger partial charge in [0.05, 0.1) is 16.8 Å². The molecule has 0 aromatic heterocycles. The van der Waals surface area contributed by atoms with Crippen LogP contribution < -0.4 is 10.6 Å². The van der Waals surface area contributed by atoms with E-state index < -0.39 is 17.8 Å². The summed E-state index contributed by atoms with van der Waals surface area (Å²) < 4.78 is 39.5. The highest BCUT2D eigenvalue weighted by atomic mass is 19.4. The van der Waals surface area contributed by atoms with E-state index in [2.05, 4.69) is 10.6 Å². The van der Waals surface area contributed by atoms with Gasteiger partial charge in [0.1, 0.15) is 6.04 Å². The Morgan fingerprint density at radius 3 is 2.49 bits per heavy atom. The highest BCUT2D eigenvalue weighted by Crippen LogP contribution is 2.35. The molecule has 2 atom stereocenters. The second-order valence-corrected chi connectivity index (χ2v) is 9.55. The van der Waals surface area contributed by atoms with Gasteiger partial charge in [0.15, 0.2) is 0 Å². The molecule has 184 valence electrons. The largest absolute Gasteiger partial charge is 0.416 e. The minimum absolute atomic E-state index is 0.0234. The van der Waals surface area contributed by atoms with Crippen LogP contribution in [0.4, 0.5) is 18.9 Å². The van der Waals surface area contributed by atoms with Crippen molar-refractivity contribution in [3.63, 3.8) is 0 Å². The van der Waals surface area contributed by atoms with Gasteiger partial charge in [-0.3, -0.25) is 14.4 Å². The quantitative estimate of drug-likeness (QED) is 0.667. The SMILES string of the molecule is O=C(NC1CCN2C(=O)c3cc(-c4cccc(C(F)(F)F)c4)ccc3NC(=O)C2C1)C1CCCC1. The van der Waals surface area contributed by atoms with Crippen molar-refractivity contribution < 1.29 is 27.6 Å². The van der Waals surface area contributed by atoms with E-state index in [4.69, 9.17) is 0 Å². The molecule has 2 heterocycles. The maximum absolute atomic E-state index is 13.4. The number of piperidine rings is 1. The van der Waals surface area contributed by atoms with Crippen molar-refractivity contribution in [1.82, 2.24) is 10.2 Å². The van der Waals surface area contributed by atoms with Crippen LogP contribution in [-0.2, 0) is 15.8 Å². The first-order valence-electron chi connectivity index (χ1n) is 11.9. The number of fused-ring (bicyclic) bond motifs is 2. The second kappa shape index (κ2) is 9.02. The molecule has 2 aliphatic heterocycles. The van der Waals surface area contributed by atoms with Gasteiger partial charge in [0, 0.05) is 18.5 Å². The van der Waals surface area contributed by atoms with Gasteiger partial charge < -0.3 is 15.5 Å². The van der Waals surface area contributed by atoms with Gasteiger partial charge in [-0.2, -0.15) is 13.2 Å². The van der Waals surface area contributed by atoms with Crippen LogP contribution in [0.5, 0.6) is 0 Å². The summed E-state index contributed by atoms with van der Waals surface area (Å²) in [7, 11) is 0. The summed E-state index contributed by atoms with van der Waals surface area (Å²) in [6.07, 6.45) is 0.262. The average molecular weight is 486 g/mol. The molecule has 6 nitrogen and oxygen atoms in total. The number of carbonyl (C=O) groups is 3. The Morgan fingerprint density at radius 2 is 1.74 bits per heavy atom. The fourth-order valence-corrected chi connectivity index (χ4v) is 5.35. The normalized spacial score (nSPS) is 22.8. The maximum Gasteiger partial charge on any atom is 0.416 e. The van der Waals surface area contributed by atoms with Crippen molar-refractivity contribution in [3.8, 4) is 11.1 Å². The predicted molar refractivity (Wildman–Crippen MR) is 123 cm³/mol. The van der Waals surface area contributed by atoms with Gasteiger partial charge in [0.2, 0.25) is 11.8 Å². The lowest BCUT2D eigenvalue weighted by atomic mass is 9.95. The monoisotopic (exact) mass is 485 g/mol. The summed E-state index contributed by atoms with van der Waals surface area (Å²) in [4.78, 5) is 40.5. The van der Waals surface area contributed by atoms with Crippen LogP contribution in [-0.4, -0.2) is 41.2 Å². The van der Waals surface area contributed by atoms with Crippen LogP contribution >= 0.6 is 0 Å². The lowest BCUT2D eigenvalue weighted by molar-refractivity contribution is -0.137. The molecule has 0 radical (unpaired) electrons. The molecule has 2 N–H and O–H groups in total. The summed E-state index contributed by atoms with van der Waals surface area (Å²) in [6.45, 7) is 0.305. The molecule has 2 aromatic carbocycles. The summed E-state index contributed by atoms with van der Waals surface area (Å²) in [5.74, 6) is -0.632. The molecule has 1 saturated carbocycles. The maximum atomic E-state index is 13.4. The fraction of sp³-hybridized carbons (Fsp3) is 0.423. The minimum Gasteiger partial charge on any atom is -0.353 e. The third kappa shape index (κ3) is 4.63. The van der Waals surface area contributed by atoms with Gasteiger partial charge in [-0.25, -0.2) is 0 Å². The highest BCUT2D eigenvalue weighted by Gasteiger charge is 2.41. The Hall–Kier alpha value is -3.36. The van der Waals surface area contributed by atoms with Gasteiger partial charge in [-0.05, 0) is 61.1 Å². The number of rotatable bonds is 3. The Balaban J connectivity index is 1.37. The molecular weight excluding hydrogens is 459 g/mol. The zero-order valence-corrected chi connectivity index (χ0v) is 19.0. The molecule has 0 spiro atoms. The van der Waals surface area contributed by atoms with E-state index in [0.29, 0.717) is 36.2 Å². The Kier molecular flexibility index (Phi) is 6.02. The summed E-state index contributed by atoms with van der Waals surface area (Å²) in [5, 5.41) is 5.87. The van der Waals surface area contributed by atoms with Gasteiger partial charge in [-0.1, -0.05) is 31.0 Å². The Morgan fingerprint density at radius 1 is 1.00 bits per heavy atom. The number of nitrogens with zero attached hydrogens (tertiary/aromatic N) is 1. The van der Waals surface area contributed by atoms with Crippen LogP contribution in [0, 0.1) is 5.92 Å². The first-order chi connectivity index (χ1) is 16.7. The standard InChI is InChI=1S/C26H26F3N3O3/c27-26(28,29)18-7-3-6-16(12-18)17-8-9-21-20(13-17)25(35)32-11-10-19(14-22(32)24(34)31-21)30-23(33)15-4-1-2-5-15/h3,6-9,12-13,15,19,22H,1-2,4-5,10-11,14H2,(H,30,33)(H,31,34). The van der Waals surface area contributed by atoms with Crippen molar-refractivity contribution in [2.45, 2.75) is 56.8 Å². The van der Waals surface area contributed by atoms with E-state index in [9.17, 15) is 27.6 Å². The third-order valence-corrected chi connectivity index (χ3v) is 7.27. The summed E-state index contributed by atoms with van der Waals surface area (Å²) in [5.41, 5.74) is 0.581. The lowest BCUT2D eigenvalue weighted by Crippen LogP contribution is -2.55. The third-order valence-electron chi connectivity index (χ3n) is 7.27.